The van der Waals surface area contributed by atoms with E-state index in [2.05, 4.69) is 10.3 Å². The molecule has 2 aromatic rings. The molecule has 150 valence electrons. The molecule has 7 nitrogen and oxygen atoms in total. The third kappa shape index (κ3) is 4.63. The molecular weight excluding hydrogens is 390 g/mol. The van der Waals surface area contributed by atoms with Crippen LogP contribution in [-0.2, 0) is 10.0 Å². The highest BCUT2D eigenvalue weighted by Gasteiger charge is 2.27. The van der Waals surface area contributed by atoms with Gasteiger partial charge in [0.15, 0.2) is 0 Å². The van der Waals surface area contributed by atoms with Gasteiger partial charge in [0.1, 0.15) is 23.0 Å². The van der Waals surface area contributed by atoms with E-state index in [1.165, 1.54) is 4.31 Å². The lowest BCUT2D eigenvalue weighted by molar-refractivity contribution is 0.0947. The smallest absolute Gasteiger partial charge is 0.257 e. The minimum absolute atomic E-state index is 0.241. The zero-order valence-corrected chi connectivity index (χ0v) is 15.8. The Morgan fingerprint density at radius 3 is 2.32 bits per heavy atom. The second kappa shape index (κ2) is 8.61. The number of rotatable bonds is 6. The Balaban J connectivity index is 1.51. The SMILES string of the molecule is O=C(NCCS(=O)(=O)N1CCN(c2ccccn2)CC1)c1c(F)cccc1F. The summed E-state index contributed by atoms with van der Waals surface area (Å²) in [5.41, 5.74) is -0.719. The van der Waals surface area contributed by atoms with Crippen molar-refractivity contribution in [3.8, 4) is 0 Å². The summed E-state index contributed by atoms with van der Waals surface area (Å²) in [4.78, 5) is 18.2. The molecule has 1 fully saturated rings. The Bertz CT molecular complexity index is 913. The van der Waals surface area contributed by atoms with Gasteiger partial charge >= 0.3 is 0 Å². The van der Waals surface area contributed by atoms with Crippen LogP contribution in [0.15, 0.2) is 42.6 Å². The number of halogens is 2. The summed E-state index contributed by atoms with van der Waals surface area (Å²) in [6.45, 7) is 1.37. The van der Waals surface area contributed by atoms with Crippen LogP contribution in [0.5, 0.6) is 0 Å². The van der Waals surface area contributed by atoms with E-state index in [0.29, 0.717) is 26.2 Å². The number of pyridine rings is 1. The zero-order valence-electron chi connectivity index (χ0n) is 15.0. The third-order valence-corrected chi connectivity index (χ3v) is 6.31. The average molecular weight is 410 g/mol. The summed E-state index contributed by atoms with van der Waals surface area (Å²) in [5, 5.41) is 2.27. The van der Waals surface area contributed by atoms with Gasteiger partial charge < -0.3 is 10.2 Å². The van der Waals surface area contributed by atoms with Gasteiger partial charge in [0.25, 0.3) is 5.91 Å². The second-order valence-corrected chi connectivity index (χ2v) is 8.33. The Morgan fingerprint density at radius 1 is 1.04 bits per heavy atom. The molecule has 1 aromatic carbocycles. The van der Waals surface area contributed by atoms with Gasteiger partial charge in [0.05, 0.1) is 5.75 Å². The van der Waals surface area contributed by atoms with E-state index < -0.39 is 33.1 Å². The average Bonchev–Trinajstić information content (AvgIpc) is 2.68. The van der Waals surface area contributed by atoms with Crippen LogP contribution >= 0.6 is 0 Å². The fourth-order valence-corrected chi connectivity index (χ4v) is 4.30. The Labute approximate surface area is 162 Å². The molecule has 0 spiro atoms. The lowest BCUT2D eigenvalue weighted by Gasteiger charge is -2.34. The van der Waals surface area contributed by atoms with Crippen molar-refractivity contribution in [1.82, 2.24) is 14.6 Å². The standard InChI is InChI=1S/C18H20F2N4O3S/c19-14-4-3-5-15(20)17(14)18(25)22-8-13-28(26,27)24-11-9-23(10-12-24)16-6-1-2-7-21-16/h1-7H,8-13H2,(H,22,25). The maximum Gasteiger partial charge on any atom is 0.257 e. The number of hydrogen-bond donors (Lipinski definition) is 1. The van der Waals surface area contributed by atoms with Crippen molar-refractivity contribution in [1.29, 1.82) is 0 Å². The first-order valence-corrected chi connectivity index (χ1v) is 10.4. The summed E-state index contributed by atoms with van der Waals surface area (Å²) in [5.74, 6) is -2.53. The Hall–Kier alpha value is -2.59. The van der Waals surface area contributed by atoms with Crippen molar-refractivity contribution in [2.45, 2.75) is 0 Å². The van der Waals surface area contributed by atoms with Crippen molar-refractivity contribution in [3.63, 3.8) is 0 Å². The highest BCUT2D eigenvalue weighted by atomic mass is 32.2. The van der Waals surface area contributed by atoms with E-state index in [9.17, 15) is 22.0 Å². The zero-order chi connectivity index (χ0) is 20.1. The fourth-order valence-electron chi connectivity index (χ4n) is 2.96. The van der Waals surface area contributed by atoms with Crippen LogP contribution in [0.3, 0.4) is 0 Å². The van der Waals surface area contributed by atoms with Crippen LogP contribution in [0.1, 0.15) is 10.4 Å². The minimum Gasteiger partial charge on any atom is -0.354 e. The first kappa shape index (κ1) is 20.2. The lowest BCUT2D eigenvalue weighted by atomic mass is 10.2. The van der Waals surface area contributed by atoms with Gasteiger partial charge in [-0.15, -0.1) is 0 Å². The van der Waals surface area contributed by atoms with Crippen LogP contribution in [0.4, 0.5) is 14.6 Å². The van der Waals surface area contributed by atoms with Gasteiger partial charge in [-0.25, -0.2) is 22.2 Å². The first-order valence-electron chi connectivity index (χ1n) is 8.74. The molecule has 1 aromatic heterocycles. The van der Waals surface area contributed by atoms with Crippen LogP contribution in [0, 0.1) is 11.6 Å². The third-order valence-electron chi connectivity index (χ3n) is 4.44. The fraction of sp³-hybridized carbons (Fsp3) is 0.333. The predicted molar refractivity (Wildman–Crippen MR) is 101 cm³/mol. The van der Waals surface area contributed by atoms with Crippen molar-refractivity contribution in [2.75, 3.05) is 43.4 Å². The van der Waals surface area contributed by atoms with Crippen LogP contribution < -0.4 is 10.2 Å². The van der Waals surface area contributed by atoms with E-state index in [1.807, 2.05) is 23.1 Å². The van der Waals surface area contributed by atoms with Gasteiger partial charge in [-0.05, 0) is 24.3 Å². The maximum absolute atomic E-state index is 13.6. The number of amides is 1. The number of hydrogen-bond acceptors (Lipinski definition) is 5. The van der Waals surface area contributed by atoms with Crippen LogP contribution in [0.25, 0.3) is 0 Å². The van der Waals surface area contributed by atoms with E-state index in [0.717, 1.165) is 24.0 Å². The topological polar surface area (TPSA) is 82.6 Å². The number of carbonyl (C=O) groups excluding carboxylic acids is 1. The number of sulfonamides is 1. The number of nitrogens with zero attached hydrogens (tertiary/aromatic N) is 3. The van der Waals surface area contributed by atoms with Crippen molar-refractivity contribution in [2.24, 2.45) is 0 Å². The molecule has 3 rings (SSSR count). The van der Waals surface area contributed by atoms with E-state index in [-0.39, 0.29) is 12.3 Å². The highest BCUT2D eigenvalue weighted by Crippen LogP contribution is 2.15. The normalized spacial score (nSPS) is 15.4. The summed E-state index contributed by atoms with van der Waals surface area (Å²) in [7, 11) is -3.60. The first-order chi connectivity index (χ1) is 13.4. The van der Waals surface area contributed by atoms with Crippen molar-refractivity contribution >= 4 is 21.7 Å². The Morgan fingerprint density at radius 2 is 1.71 bits per heavy atom. The molecule has 10 heteroatoms. The predicted octanol–water partition coefficient (Wildman–Crippen LogP) is 1.24. The summed E-state index contributed by atoms with van der Waals surface area (Å²) < 4.78 is 53.5. The lowest BCUT2D eigenvalue weighted by Crippen LogP contribution is -2.50. The highest BCUT2D eigenvalue weighted by molar-refractivity contribution is 7.89. The molecule has 1 saturated heterocycles. The summed E-state index contributed by atoms with van der Waals surface area (Å²) in [6, 6.07) is 8.63. The number of aromatic nitrogens is 1. The molecule has 1 aliphatic rings. The summed E-state index contributed by atoms with van der Waals surface area (Å²) >= 11 is 0. The van der Waals surface area contributed by atoms with Gasteiger partial charge in [-0.2, -0.15) is 4.31 Å². The van der Waals surface area contributed by atoms with Gasteiger partial charge in [0.2, 0.25) is 10.0 Å². The quantitative estimate of drug-likeness (QED) is 0.775. The number of piperazine rings is 1. The van der Waals surface area contributed by atoms with Crippen LogP contribution in [-0.4, -0.2) is 62.1 Å². The van der Waals surface area contributed by atoms with Crippen LogP contribution in [0.2, 0.25) is 0 Å². The van der Waals surface area contributed by atoms with E-state index in [1.54, 1.807) is 6.20 Å². The van der Waals surface area contributed by atoms with E-state index in [4.69, 9.17) is 0 Å². The molecule has 1 aliphatic heterocycles. The molecule has 0 bridgehead atoms. The number of nitrogens with one attached hydrogen (secondary N) is 1. The molecule has 0 unspecified atom stereocenters. The van der Waals surface area contributed by atoms with Gasteiger partial charge in [-0.1, -0.05) is 12.1 Å². The second-order valence-electron chi connectivity index (χ2n) is 6.24. The van der Waals surface area contributed by atoms with E-state index >= 15 is 0 Å². The molecule has 0 atom stereocenters. The van der Waals surface area contributed by atoms with Gasteiger partial charge in [0, 0.05) is 38.9 Å². The molecule has 0 radical (unpaired) electrons. The maximum atomic E-state index is 13.6. The van der Waals surface area contributed by atoms with Gasteiger partial charge in [-0.3, -0.25) is 4.79 Å². The monoisotopic (exact) mass is 410 g/mol. The molecule has 2 heterocycles. The summed E-state index contributed by atoms with van der Waals surface area (Å²) in [6.07, 6.45) is 1.68. The Kier molecular flexibility index (Phi) is 6.20. The molecule has 1 amide bonds. The number of anilines is 1. The minimum atomic E-state index is -3.60. The molecule has 0 saturated carbocycles. The van der Waals surface area contributed by atoms with Crippen molar-refractivity contribution in [3.05, 3.63) is 59.8 Å². The largest absolute Gasteiger partial charge is 0.354 e. The number of carbonyl (C=O) groups is 1. The molecule has 1 N–H and O–H groups in total. The molecule has 28 heavy (non-hydrogen) atoms. The number of benzene rings is 1. The molecule has 0 aliphatic carbocycles. The van der Waals surface area contributed by atoms with Crippen molar-refractivity contribution < 1.29 is 22.0 Å². The molecular formula is C18H20F2N4O3S.